The highest BCUT2D eigenvalue weighted by molar-refractivity contribution is 7.14. The molecule has 1 aromatic carbocycles. The van der Waals surface area contributed by atoms with E-state index in [1.807, 2.05) is 0 Å². The molecule has 0 bridgehead atoms. The van der Waals surface area contributed by atoms with E-state index in [9.17, 15) is 23.2 Å². The van der Waals surface area contributed by atoms with Gasteiger partial charge in [0.2, 0.25) is 0 Å². The van der Waals surface area contributed by atoms with Crippen molar-refractivity contribution in [2.24, 2.45) is 0 Å². The maximum Gasteiger partial charge on any atom is 0.270 e. The second-order valence-electron chi connectivity index (χ2n) is 7.19. The van der Waals surface area contributed by atoms with Gasteiger partial charge < -0.3 is 10.6 Å². The van der Waals surface area contributed by atoms with Crippen molar-refractivity contribution >= 4 is 46.2 Å². The van der Waals surface area contributed by atoms with Crippen LogP contribution in [0.15, 0.2) is 42.6 Å². The Balaban J connectivity index is 1.54. The highest BCUT2D eigenvalue weighted by Crippen LogP contribution is 2.18. The first kappa shape index (κ1) is 23.5. The molecule has 0 unspecified atom stereocenters. The summed E-state index contributed by atoms with van der Waals surface area (Å²) < 4.78 is 28.5. The van der Waals surface area contributed by atoms with Crippen molar-refractivity contribution in [3.8, 4) is 0 Å². The van der Waals surface area contributed by atoms with Gasteiger partial charge in [-0.2, -0.15) is 5.10 Å². The second kappa shape index (κ2) is 9.65. The lowest BCUT2D eigenvalue weighted by Crippen LogP contribution is -2.28. The highest BCUT2D eigenvalue weighted by atomic mass is 35.5. The number of amides is 2. The van der Waals surface area contributed by atoms with E-state index < -0.39 is 23.4 Å². The zero-order valence-corrected chi connectivity index (χ0v) is 19.1. The van der Waals surface area contributed by atoms with Gasteiger partial charge >= 0.3 is 0 Å². The number of halogens is 3. The number of rotatable bonds is 7. The fourth-order valence-electron chi connectivity index (χ4n) is 3.06. The Morgan fingerprint density at radius 3 is 2.50 bits per heavy atom. The van der Waals surface area contributed by atoms with Gasteiger partial charge in [-0.3, -0.25) is 14.4 Å². The summed E-state index contributed by atoms with van der Waals surface area (Å²) in [7, 11) is 0. The van der Waals surface area contributed by atoms with Crippen LogP contribution >= 0.6 is 22.9 Å². The van der Waals surface area contributed by atoms with Crippen molar-refractivity contribution < 1.29 is 23.2 Å². The molecule has 0 fully saturated rings. The molecule has 0 radical (unpaired) electrons. The smallest absolute Gasteiger partial charge is 0.270 e. The standard InChI is InChI=1S/C22H16ClF2N5O3S/c1-11(31)19-5-3-13(34-19)9-27-22(33)18-7-17(29-20-16(25)10-28-30(18)20)21(32)26-8-12-2-4-15(24)14(23)6-12/h2-7,10H,8-9H2,1H3,(H,26,32)(H,27,33). The van der Waals surface area contributed by atoms with E-state index in [0.29, 0.717) is 10.4 Å². The van der Waals surface area contributed by atoms with Gasteiger partial charge in [0.05, 0.1) is 22.6 Å². The lowest BCUT2D eigenvalue weighted by Gasteiger charge is -2.09. The molecule has 12 heteroatoms. The Kier molecular flexibility index (Phi) is 6.66. The summed E-state index contributed by atoms with van der Waals surface area (Å²) in [6, 6.07) is 8.57. The highest BCUT2D eigenvalue weighted by Gasteiger charge is 2.20. The number of Topliss-reactive ketones (excluding diaryl/α,β-unsaturated/α-hetero) is 1. The molecule has 4 aromatic rings. The maximum atomic E-state index is 14.2. The van der Waals surface area contributed by atoms with Gasteiger partial charge in [-0.1, -0.05) is 17.7 Å². The molecule has 0 atom stereocenters. The molecule has 4 rings (SSSR count). The fourth-order valence-corrected chi connectivity index (χ4v) is 4.10. The number of benzene rings is 1. The zero-order chi connectivity index (χ0) is 24.4. The summed E-state index contributed by atoms with van der Waals surface area (Å²) in [6.07, 6.45) is 0.889. The van der Waals surface area contributed by atoms with E-state index >= 15 is 0 Å². The van der Waals surface area contributed by atoms with Crippen LogP contribution in [0.4, 0.5) is 8.78 Å². The molecule has 0 aliphatic carbocycles. The van der Waals surface area contributed by atoms with Crippen molar-refractivity contribution in [3.05, 3.63) is 86.0 Å². The van der Waals surface area contributed by atoms with Crippen molar-refractivity contribution in [1.29, 1.82) is 0 Å². The Labute approximate surface area is 200 Å². The molecular formula is C22H16ClF2N5O3S. The molecule has 3 heterocycles. The summed E-state index contributed by atoms with van der Waals surface area (Å²) in [5, 5.41) is 8.99. The van der Waals surface area contributed by atoms with Crippen LogP contribution in [0.5, 0.6) is 0 Å². The molecule has 2 N–H and O–H groups in total. The first-order valence-corrected chi connectivity index (χ1v) is 11.1. The Morgan fingerprint density at radius 2 is 1.79 bits per heavy atom. The number of hydrogen-bond acceptors (Lipinski definition) is 6. The van der Waals surface area contributed by atoms with Crippen LogP contribution in [-0.2, 0) is 13.1 Å². The molecule has 8 nitrogen and oxygen atoms in total. The van der Waals surface area contributed by atoms with E-state index in [1.54, 1.807) is 12.1 Å². The van der Waals surface area contributed by atoms with E-state index in [1.165, 1.54) is 42.5 Å². The maximum absolute atomic E-state index is 14.2. The first-order valence-electron chi connectivity index (χ1n) is 9.87. The number of carbonyl (C=O) groups excluding carboxylic acids is 3. The van der Waals surface area contributed by atoms with Gasteiger partial charge in [-0.25, -0.2) is 18.3 Å². The van der Waals surface area contributed by atoms with E-state index in [0.717, 1.165) is 15.6 Å². The van der Waals surface area contributed by atoms with Crippen LogP contribution in [0.25, 0.3) is 5.65 Å². The third-order valence-electron chi connectivity index (χ3n) is 4.76. The molecule has 0 aliphatic heterocycles. The molecular weight excluding hydrogens is 488 g/mol. The molecule has 3 aromatic heterocycles. The number of ketones is 1. The van der Waals surface area contributed by atoms with Crippen LogP contribution in [0.3, 0.4) is 0 Å². The van der Waals surface area contributed by atoms with Crippen LogP contribution in [0.1, 0.15) is 48.0 Å². The third kappa shape index (κ3) is 4.95. The van der Waals surface area contributed by atoms with Gasteiger partial charge in [0.1, 0.15) is 17.2 Å². The largest absolute Gasteiger partial charge is 0.347 e. The van der Waals surface area contributed by atoms with Crippen LogP contribution in [0.2, 0.25) is 5.02 Å². The summed E-state index contributed by atoms with van der Waals surface area (Å²) >= 11 is 7.00. The van der Waals surface area contributed by atoms with Gasteiger partial charge in [0.25, 0.3) is 11.8 Å². The minimum absolute atomic E-state index is 0.00578. The molecule has 0 saturated heterocycles. The minimum Gasteiger partial charge on any atom is -0.347 e. The van der Waals surface area contributed by atoms with Crippen molar-refractivity contribution in [3.63, 3.8) is 0 Å². The second-order valence-corrected chi connectivity index (χ2v) is 8.77. The van der Waals surface area contributed by atoms with Crippen molar-refractivity contribution in [2.45, 2.75) is 20.0 Å². The van der Waals surface area contributed by atoms with Crippen LogP contribution in [0, 0.1) is 11.6 Å². The lowest BCUT2D eigenvalue weighted by molar-refractivity contribution is 0.0941. The first-order chi connectivity index (χ1) is 16.2. The van der Waals surface area contributed by atoms with Gasteiger partial charge in [0.15, 0.2) is 17.2 Å². The Hall–Kier alpha value is -3.70. The molecule has 0 saturated carbocycles. The topological polar surface area (TPSA) is 105 Å². The van der Waals surface area contributed by atoms with Gasteiger partial charge in [-0.05, 0) is 36.8 Å². The number of fused-ring (bicyclic) bond motifs is 1. The van der Waals surface area contributed by atoms with Crippen LogP contribution in [-0.4, -0.2) is 32.2 Å². The number of aromatic nitrogens is 3. The van der Waals surface area contributed by atoms with Gasteiger partial charge in [0, 0.05) is 17.5 Å². The zero-order valence-electron chi connectivity index (χ0n) is 17.6. The Morgan fingerprint density at radius 1 is 1.03 bits per heavy atom. The number of nitrogens with one attached hydrogen (secondary N) is 2. The van der Waals surface area contributed by atoms with Crippen molar-refractivity contribution in [2.75, 3.05) is 0 Å². The number of carbonyl (C=O) groups is 3. The van der Waals surface area contributed by atoms with E-state index in [4.69, 9.17) is 11.6 Å². The number of thiophene rings is 1. The third-order valence-corrected chi connectivity index (χ3v) is 6.24. The molecule has 0 spiro atoms. The quantitative estimate of drug-likeness (QED) is 0.373. The van der Waals surface area contributed by atoms with E-state index in [-0.39, 0.29) is 40.9 Å². The lowest BCUT2D eigenvalue weighted by atomic mass is 10.2. The average molecular weight is 504 g/mol. The normalized spacial score (nSPS) is 10.9. The van der Waals surface area contributed by atoms with Crippen molar-refractivity contribution in [1.82, 2.24) is 25.2 Å². The molecule has 0 aliphatic rings. The Bertz CT molecular complexity index is 1440. The summed E-state index contributed by atoms with van der Waals surface area (Å²) in [5.41, 5.74) is -0.0692. The minimum atomic E-state index is -0.807. The average Bonchev–Trinajstić information content (AvgIpc) is 3.44. The predicted octanol–water partition coefficient (Wildman–Crippen LogP) is 3.79. The van der Waals surface area contributed by atoms with E-state index in [2.05, 4.69) is 20.7 Å². The molecule has 174 valence electrons. The summed E-state index contributed by atoms with van der Waals surface area (Å²) in [5.74, 6) is -2.77. The predicted molar refractivity (Wildman–Crippen MR) is 121 cm³/mol. The summed E-state index contributed by atoms with van der Waals surface area (Å²) in [6.45, 7) is 1.58. The van der Waals surface area contributed by atoms with Gasteiger partial charge in [-0.15, -0.1) is 11.3 Å². The van der Waals surface area contributed by atoms with Crippen LogP contribution < -0.4 is 10.6 Å². The SMILES string of the molecule is CC(=O)c1ccc(CNC(=O)c2cc(C(=O)NCc3ccc(F)c(Cl)c3)nc3c(F)cnn23)s1. The molecule has 2 amide bonds. The monoisotopic (exact) mass is 503 g/mol. The number of hydrogen-bond donors (Lipinski definition) is 2. The molecule has 34 heavy (non-hydrogen) atoms. The number of nitrogens with zero attached hydrogens (tertiary/aromatic N) is 3. The summed E-state index contributed by atoms with van der Waals surface area (Å²) in [4.78, 5) is 42.2. The fraction of sp³-hybridized carbons (Fsp3) is 0.136.